The third-order valence-electron chi connectivity index (χ3n) is 4.23. The first-order chi connectivity index (χ1) is 14.1. The van der Waals surface area contributed by atoms with Crippen LogP contribution in [0.2, 0.25) is 0 Å². The number of thiazole rings is 1. The second-order valence-corrected chi connectivity index (χ2v) is 7.33. The summed E-state index contributed by atoms with van der Waals surface area (Å²) in [4.78, 5) is 28.7. The minimum Gasteiger partial charge on any atom is -0.343 e. The average molecular weight is 405 g/mol. The van der Waals surface area contributed by atoms with Crippen molar-refractivity contribution in [3.63, 3.8) is 0 Å². The highest BCUT2D eigenvalue weighted by molar-refractivity contribution is 7.21. The Kier molecular flexibility index (Phi) is 5.31. The van der Waals surface area contributed by atoms with Gasteiger partial charge in [0.2, 0.25) is 5.91 Å². The van der Waals surface area contributed by atoms with Gasteiger partial charge in [-0.15, -0.1) is 11.3 Å². The maximum Gasteiger partial charge on any atom is 0.251 e. The summed E-state index contributed by atoms with van der Waals surface area (Å²) in [6, 6.07) is 20.4. The van der Waals surface area contributed by atoms with Crippen LogP contribution in [0, 0.1) is 5.82 Å². The van der Waals surface area contributed by atoms with Gasteiger partial charge in [0.05, 0.1) is 16.8 Å². The van der Waals surface area contributed by atoms with Gasteiger partial charge in [-0.25, -0.2) is 9.37 Å². The molecule has 0 atom stereocenters. The molecule has 2 amide bonds. The van der Waals surface area contributed by atoms with Crippen molar-refractivity contribution in [3.05, 3.63) is 84.2 Å². The molecule has 4 aromatic rings. The van der Waals surface area contributed by atoms with Crippen molar-refractivity contribution in [2.24, 2.45) is 0 Å². The smallest absolute Gasteiger partial charge is 0.251 e. The molecule has 2 N–H and O–H groups in total. The van der Waals surface area contributed by atoms with E-state index in [-0.39, 0.29) is 12.5 Å². The topological polar surface area (TPSA) is 71.1 Å². The van der Waals surface area contributed by atoms with Crippen LogP contribution in [0.5, 0.6) is 0 Å². The number of anilines is 1. The Hall–Kier alpha value is -3.58. The molecule has 0 radical (unpaired) electrons. The molecule has 7 heteroatoms. The maximum absolute atomic E-state index is 12.9. The van der Waals surface area contributed by atoms with Crippen molar-refractivity contribution in [2.75, 3.05) is 11.9 Å². The third kappa shape index (κ3) is 4.47. The van der Waals surface area contributed by atoms with E-state index in [4.69, 9.17) is 0 Å². The zero-order chi connectivity index (χ0) is 20.2. The number of benzene rings is 3. The lowest BCUT2D eigenvalue weighted by atomic mass is 10.2. The Morgan fingerprint density at radius 3 is 2.38 bits per heavy atom. The van der Waals surface area contributed by atoms with Crippen LogP contribution in [-0.2, 0) is 4.79 Å². The molecule has 0 fully saturated rings. The molecule has 0 saturated carbocycles. The van der Waals surface area contributed by atoms with Crippen molar-refractivity contribution >= 4 is 39.1 Å². The Labute approximate surface area is 170 Å². The summed E-state index contributed by atoms with van der Waals surface area (Å²) in [5.41, 5.74) is 2.84. The summed E-state index contributed by atoms with van der Waals surface area (Å²) >= 11 is 1.61. The second-order valence-electron chi connectivity index (χ2n) is 6.30. The number of fused-ring (bicyclic) bond motifs is 1. The van der Waals surface area contributed by atoms with Gasteiger partial charge >= 0.3 is 0 Å². The highest BCUT2D eigenvalue weighted by Gasteiger charge is 2.09. The number of nitrogens with one attached hydrogen (secondary N) is 2. The molecular weight excluding hydrogens is 389 g/mol. The number of carbonyl (C=O) groups is 2. The Balaban J connectivity index is 1.35. The minimum atomic E-state index is -0.439. The van der Waals surface area contributed by atoms with Gasteiger partial charge in [-0.3, -0.25) is 9.59 Å². The van der Waals surface area contributed by atoms with Crippen LogP contribution in [0.15, 0.2) is 72.8 Å². The van der Waals surface area contributed by atoms with E-state index in [0.29, 0.717) is 11.3 Å². The highest BCUT2D eigenvalue weighted by atomic mass is 32.1. The first-order valence-corrected chi connectivity index (χ1v) is 9.70. The van der Waals surface area contributed by atoms with Crippen molar-refractivity contribution < 1.29 is 14.0 Å². The first kappa shape index (κ1) is 18.8. The lowest BCUT2D eigenvalue weighted by Crippen LogP contribution is -2.32. The van der Waals surface area contributed by atoms with Crippen LogP contribution in [0.1, 0.15) is 10.4 Å². The Morgan fingerprint density at radius 1 is 0.931 bits per heavy atom. The van der Waals surface area contributed by atoms with Crippen LogP contribution < -0.4 is 10.6 Å². The number of nitrogens with zero attached hydrogens (tertiary/aromatic N) is 1. The van der Waals surface area contributed by atoms with E-state index < -0.39 is 11.7 Å². The fourth-order valence-electron chi connectivity index (χ4n) is 2.76. The summed E-state index contributed by atoms with van der Waals surface area (Å²) in [7, 11) is 0. The fraction of sp³-hybridized carbons (Fsp3) is 0.0455. The van der Waals surface area contributed by atoms with Crippen LogP contribution in [0.3, 0.4) is 0 Å². The molecule has 3 aromatic carbocycles. The molecule has 0 spiro atoms. The Bertz CT molecular complexity index is 1140. The molecule has 144 valence electrons. The van der Waals surface area contributed by atoms with Crippen molar-refractivity contribution in [2.45, 2.75) is 0 Å². The standard InChI is InChI=1S/C22H16FN3O2S/c23-16-9-5-14(6-10-16)21(28)24-13-20(27)25-17-11-7-15(8-12-17)22-26-18-3-1-2-4-19(18)29-22/h1-12H,13H2,(H,24,28)(H,25,27). The maximum atomic E-state index is 12.9. The van der Waals surface area contributed by atoms with E-state index in [2.05, 4.69) is 15.6 Å². The lowest BCUT2D eigenvalue weighted by molar-refractivity contribution is -0.115. The number of para-hydroxylation sites is 1. The van der Waals surface area contributed by atoms with Gasteiger partial charge in [0.25, 0.3) is 5.91 Å². The van der Waals surface area contributed by atoms with Gasteiger partial charge in [0, 0.05) is 16.8 Å². The molecule has 0 bridgehead atoms. The number of amides is 2. The van der Waals surface area contributed by atoms with E-state index in [1.807, 2.05) is 36.4 Å². The minimum absolute atomic E-state index is 0.185. The largest absolute Gasteiger partial charge is 0.343 e. The zero-order valence-electron chi connectivity index (χ0n) is 15.2. The Morgan fingerprint density at radius 2 is 1.66 bits per heavy atom. The van der Waals surface area contributed by atoms with Gasteiger partial charge in [0.1, 0.15) is 10.8 Å². The van der Waals surface area contributed by atoms with E-state index in [1.54, 1.807) is 23.5 Å². The monoisotopic (exact) mass is 405 g/mol. The lowest BCUT2D eigenvalue weighted by Gasteiger charge is -2.07. The van der Waals surface area contributed by atoms with Gasteiger partial charge in [-0.1, -0.05) is 12.1 Å². The van der Waals surface area contributed by atoms with Gasteiger partial charge in [-0.2, -0.15) is 0 Å². The molecule has 1 heterocycles. The van der Waals surface area contributed by atoms with Crippen molar-refractivity contribution in [3.8, 4) is 10.6 Å². The summed E-state index contributed by atoms with van der Waals surface area (Å²) in [6.07, 6.45) is 0. The van der Waals surface area contributed by atoms with Crippen molar-refractivity contribution in [1.29, 1.82) is 0 Å². The third-order valence-corrected chi connectivity index (χ3v) is 5.31. The normalized spacial score (nSPS) is 10.7. The van der Waals surface area contributed by atoms with E-state index >= 15 is 0 Å². The molecule has 29 heavy (non-hydrogen) atoms. The van der Waals surface area contributed by atoms with Crippen LogP contribution in [0.4, 0.5) is 10.1 Å². The summed E-state index contributed by atoms with van der Waals surface area (Å²) in [6.45, 7) is -0.185. The molecule has 4 rings (SSSR count). The molecule has 0 aliphatic rings. The van der Waals surface area contributed by atoms with E-state index in [9.17, 15) is 14.0 Å². The number of carbonyl (C=O) groups excluding carboxylic acids is 2. The van der Waals surface area contributed by atoms with E-state index in [1.165, 1.54) is 24.3 Å². The summed E-state index contributed by atoms with van der Waals surface area (Å²) < 4.78 is 14.0. The molecular formula is C22H16FN3O2S. The fourth-order valence-corrected chi connectivity index (χ4v) is 3.73. The van der Waals surface area contributed by atoms with Crippen LogP contribution >= 0.6 is 11.3 Å². The average Bonchev–Trinajstić information content (AvgIpc) is 3.17. The number of halogens is 1. The molecule has 0 saturated heterocycles. The molecule has 0 unspecified atom stereocenters. The molecule has 5 nitrogen and oxygen atoms in total. The van der Waals surface area contributed by atoms with Crippen LogP contribution in [-0.4, -0.2) is 23.3 Å². The van der Waals surface area contributed by atoms with E-state index in [0.717, 1.165) is 20.8 Å². The molecule has 1 aromatic heterocycles. The number of rotatable bonds is 5. The summed E-state index contributed by atoms with van der Waals surface area (Å²) in [5.74, 6) is -1.21. The predicted octanol–water partition coefficient (Wildman–Crippen LogP) is 4.47. The number of aromatic nitrogens is 1. The molecule has 0 aliphatic heterocycles. The molecule has 0 aliphatic carbocycles. The van der Waals surface area contributed by atoms with Gasteiger partial charge in [-0.05, 0) is 60.7 Å². The SMILES string of the molecule is O=C(CNC(=O)c1ccc(F)cc1)Nc1ccc(-c2nc3ccccc3s2)cc1. The van der Waals surface area contributed by atoms with Crippen molar-refractivity contribution in [1.82, 2.24) is 10.3 Å². The van der Waals surface area contributed by atoms with Crippen LogP contribution in [0.25, 0.3) is 20.8 Å². The first-order valence-electron chi connectivity index (χ1n) is 8.88. The van der Waals surface area contributed by atoms with Gasteiger partial charge in [0.15, 0.2) is 0 Å². The quantitative estimate of drug-likeness (QED) is 0.515. The number of hydrogen-bond acceptors (Lipinski definition) is 4. The highest BCUT2D eigenvalue weighted by Crippen LogP contribution is 2.30. The second kappa shape index (κ2) is 8.20. The van der Waals surface area contributed by atoms with Gasteiger partial charge < -0.3 is 10.6 Å². The summed E-state index contributed by atoms with van der Waals surface area (Å²) in [5, 5.41) is 6.15. The predicted molar refractivity (Wildman–Crippen MR) is 112 cm³/mol. The number of hydrogen-bond donors (Lipinski definition) is 2. The zero-order valence-corrected chi connectivity index (χ0v) is 16.0.